The van der Waals surface area contributed by atoms with Gasteiger partial charge in [-0.3, -0.25) is 4.79 Å². The summed E-state index contributed by atoms with van der Waals surface area (Å²) < 4.78 is 0. The Morgan fingerprint density at radius 2 is 1.90 bits per heavy atom. The van der Waals surface area contributed by atoms with Gasteiger partial charge < -0.3 is 10.2 Å². The first-order chi connectivity index (χ1) is 9.71. The molecule has 1 atom stereocenters. The van der Waals surface area contributed by atoms with E-state index in [0.717, 1.165) is 51.9 Å². The molecular weight excluding hydrogens is 248 g/mol. The number of amides is 1. The summed E-state index contributed by atoms with van der Waals surface area (Å²) in [6.45, 7) is 8.65. The van der Waals surface area contributed by atoms with Gasteiger partial charge in [0, 0.05) is 31.0 Å². The van der Waals surface area contributed by atoms with E-state index in [1.54, 1.807) is 0 Å². The zero-order valence-electron chi connectivity index (χ0n) is 13.4. The Kier molecular flexibility index (Phi) is 5.88. The van der Waals surface area contributed by atoms with Crippen LogP contribution in [0.25, 0.3) is 0 Å². The molecule has 1 spiro atoms. The molecule has 0 saturated carbocycles. The minimum Gasteiger partial charge on any atom is -0.342 e. The minimum atomic E-state index is 0.275. The molecule has 3 heteroatoms. The van der Waals surface area contributed by atoms with E-state index in [0.29, 0.717) is 11.3 Å². The van der Waals surface area contributed by atoms with Crippen molar-refractivity contribution >= 4 is 5.91 Å². The summed E-state index contributed by atoms with van der Waals surface area (Å²) in [5.41, 5.74) is 0.384. The predicted octanol–water partition coefficient (Wildman–Crippen LogP) is 3.20. The van der Waals surface area contributed by atoms with Crippen molar-refractivity contribution in [1.82, 2.24) is 10.2 Å². The highest BCUT2D eigenvalue weighted by Gasteiger charge is 2.38. The van der Waals surface area contributed by atoms with Crippen LogP contribution in [0.1, 0.15) is 65.2 Å². The number of hydrogen-bond acceptors (Lipinski definition) is 2. The van der Waals surface area contributed by atoms with Crippen LogP contribution < -0.4 is 5.32 Å². The molecule has 116 valence electrons. The van der Waals surface area contributed by atoms with E-state index in [2.05, 4.69) is 24.1 Å². The lowest BCUT2D eigenvalue weighted by atomic mass is 9.74. The number of carbonyl (C=O) groups is 1. The zero-order chi connectivity index (χ0) is 14.4. The molecule has 1 N–H and O–H groups in total. The number of piperidine rings is 2. The van der Waals surface area contributed by atoms with E-state index in [9.17, 15) is 4.79 Å². The maximum atomic E-state index is 12.8. The Balaban J connectivity index is 1.97. The molecule has 0 aromatic heterocycles. The summed E-state index contributed by atoms with van der Waals surface area (Å²) in [7, 11) is 0. The van der Waals surface area contributed by atoms with Crippen molar-refractivity contribution in [3.8, 4) is 0 Å². The summed E-state index contributed by atoms with van der Waals surface area (Å²) in [5.74, 6) is 0.718. The van der Waals surface area contributed by atoms with Gasteiger partial charge in [0.05, 0.1) is 0 Å². The number of hydrogen-bond donors (Lipinski definition) is 1. The molecule has 20 heavy (non-hydrogen) atoms. The third kappa shape index (κ3) is 3.75. The molecule has 2 aliphatic heterocycles. The molecule has 1 amide bonds. The topological polar surface area (TPSA) is 32.3 Å². The number of nitrogens with one attached hydrogen (secondary N) is 1. The van der Waals surface area contributed by atoms with Crippen molar-refractivity contribution in [1.29, 1.82) is 0 Å². The molecule has 0 aromatic rings. The van der Waals surface area contributed by atoms with E-state index < -0.39 is 0 Å². The highest BCUT2D eigenvalue weighted by Crippen LogP contribution is 2.36. The Morgan fingerprint density at radius 3 is 2.50 bits per heavy atom. The van der Waals surface area contributed by atoms with Crippen molar-refractivity contribution in [2.45, 2.75) is 65.2 Å². The smallest absolute Gasteiger partial charge is 0.225 e. The Labute approximate surface area is 124 Å². The second-order valence-corrected chi connectivity index (χ2v) is 6.92. The Hall–Kier alpha value is -0.570. The average molecular weight is 280 g/mol. The first kappa shape index (κ1) is 15.8. The van der Waals surface area contributed by atoms with E-state index >= 15 is 0 Å². The molecule has 3 nitrogen and oxygen atoms in total. The molecule has 0 bridgehead atoms. The van der Waals surface area contributed by atoms with Crippen LogP contribution in [0.3, 0.4) is 0 Å². The van der Waals surface area contributed by atoms with Gasteiger partial charge >= 0.3 is 0 Å². The third-order valence-electron chi connectivity index (χ3n) is 5.16. The lowest BCUT2D eigenvalue weighted by molar-refractivity contribution is -0.140. The number of rotatable bonds is 5. The molecule has 2 saturated heterocycles. The maximum absolute atomic E-state index is 12.8. The maximum Gasteiger partial charge on any atom is 0.225 e. The summed E-state index contributed by atoms with van der Waals surface area (Å²) in [5, 5.41) is 3.55. The molecule has 1 unspecified atom stereocenters. The molecule has 0 radical (unpaired) electrons. The first-order valence-electron chi connectivity index (χ1n) is 8.70. The summed E-state index contributed by atoms with van der Waals surface area (Å²) in [6.07, 6.45) is 9.44. The van der Waals surface area contributed by atoms with E-state index in [1.807, 2.05) is 0 Å². The lowest BCUT2D eigenvalue weighted by Gasteiger charge is -2.46. The van der Waals surface area contributed by atoms with Gasteiger partial charge in [-0.1, -0.05) is 26.7 Å². The van der Waals surface area contributed by atoms with Gasteiger partial charge in [0.2, 0.25) is 5.91 Å². The molecule has 2 fully saturated rings. The van der Waals surface area contributed by atoms with Crippen molar-refractivity contribution in [3.05, 3.63) is 0 Å². The number of nitrogens with zero attached hydrogens (tertiary/aromatic N) is 1. The second kappa shape index (κ2) is 7.44. The van der Waals surface area contributed by atoms with Gasteiger partial charge in [-0.2, -0.15) is 0 Å². The molecule has 2 heterocycles. The summed E-state index contributed by atoms with van der Waals surface area (Å²) >= 11 is 0. The molecule has 2 rings (SSSR count). The van der Waals surface area contributed by atoms with E-state index in [4.69, 9.17) is 0 Å². The fraction of sp³-hybridized carbons (Fsp3) is 0.941. The van der Waals surface area contributed by atoms with Gasteiger partial charge in [-0.25, -0.2) is 0 Å². The predicted molar refractivity (Wildman–Crippen MR) is 83.7 cm³/mol. The fourth-order valence-electron chi connectivity index (χ4n) is 4.12. The van der Waals surface area contributed by atoms with Crippen LogP contribution in [-0.4, -0.2) is 37.0 Å². The van der Waals surface area contributed by atoms with Gasteiger partial charge in [0.25, 0.3) is 0 Å². The summed E-state index contributed by atoms with van der Waals surface area (Å²) in [6, 6.07) is 0. The van der Waals surface area contributed by atoms with Crippen molar-refractivity contribution in [2.24, 2.45) is 11.3 Å². The van der Waals surface area contributed by atoms with Crippen LogP contribution >= 0.6 is 0 Å². The number of likely N-dealkylation sites (tertiary alicyclic amines) is 1. The van der Waals surface area contributed by atoms with Crippen LogP contribution in [0.15, 0.2) is 0 Å². The van der Waals surface area contributed by atoms with E-state index in [-0.39, 0.29) is 5.92 Å². The van der Waals surface area contributed by atoms with Crippen LogP contribution in [0.2, 0.25) is 0 Å². The molecular formula is C17H32N2O. The average Bonchev–Trinajstić information content (AvgIpc) is 2.47. The van der Waals surface area contributed by atoms with Crippen LogP contribution in [0.4, 0.5) is 0 Å². The van der Waals surface area contributed by atoms with Crippen LogP contribution in [-0.2, 0) is 4.79 Å². The Bertz CT molecular complexity index is 299. The van der Waals surface area contributed by atoms with Gasteiger partial charge in [-0.15, -0.1) is 0 Å². The fourth-order valence-corrected chi connectivity index (χ4v) is 4.12. The molecule has 0 aliphatic carbocycles. The molecule has 0 aromatic carbocycles. The zero-order valence-corrected chi connectivity index (χ0v) is 13.4. The standard InChI is InChI=1S/C17H32N2O/c1-3-7-15(8-4-2)16(20)19-12-6-10-17(14-19)9-5-11-18-13-17/h15,18H,3-14H2,1-2H3. The number of carbonyl (C=O) groups excluding carboxylic acids is 1. The summed E-state index contributed by atoms with van der Waals surface area (Å²) in [4.78, 5) is 15.0. The SMILES string of the molecule is CCCC(CCC)C(=O)N1CCCC2(CCCNC2)C1. The largest absolute Gasteiger partial charge is 0.342 e. The molecule has 2 aliphatic rings. The van der Waals surface area contributed by atoms with Crippen molar-refractivity contribution in [2.75, 3.05) is 26.2 Å². The highest BCUT2D eigenvalue weighted by molar-refractivity contribution is 5.79. The van der Waals surface area contributed by atoms with Gasteiger partial charge in [-0.05, 0) is 45.1 Å². The third-order valence-corrected chi connectivity index (χ3v) is 5.16. The van der Waals surface area contributed by atoms with Gasteiger partial charge in [0.15, 0.2) is 0 Å². The second-order valence-electron chi connectivity index (χ2n) is 6.92. The van der Waals surface area contributed by atoms with Crippen LogP contribution in [0, 0.1) is 11.3 Å². The highest BCUT2D eigenvalue weighted by atomic mass is 16.2. The quantitative estimate of drug-likeness (QED) is 0.839. The minimum absolute atomic E-state index is 0.275. The van der Waals surface area contributed by atoms with Gasteiger partial charge in [0.1, 0.15) is 0 Å². The van der Waals surface area contributed by atoms with E-state index in [1.165, 1.54) is 25.7 Å². The van der Waals surface area contributed by atoms with Crippen molar-refractivity contribution in [3.63, 3.8) is 0 Å². The monoisotopic (exact) mass is 280 g/mol. The first-order valence-corrected chi connectivity index (χ1v) is 8.70. The van der Waals surface area contributed by atoms with Crippen molar-refractivity contribution < 1.29 is 4.79 Å². The lowest BCUT2D eigenvalue weighted by Crippen LogP contribution is -2.53. The Morgan fingerprint density at radius 1 is 1.20 bits per heavy atom. The normalized spacial score (nSPS) is 27.2. The van der Waals surface area contributed by atoms with Crippen LogP contribution in [0.5, 0.6) is 0 Å².